The number of halogens is 1. The third kappa shape index (κ3) is 4.80. The number of amides is 1. The third-order valence-corrected chi connectivity index (χ3v) is 7.15. The molecule has 1 amide bonds. The van der Waals surface area contributed by atoms with Gasteiger partial charge in [-0.25, -0.2) is 8.42 Å². The lowest BCUT2D eigenvalue weighted by Gasteiger charge is -2.26. The molecule has 7 nitrogen and oxygen atoms in total. The average molecular weight is 415 g/mol. The molecule has 0 spiro atoms. The normalized spacial score (nSPS) is 22.9. The number of esters is 1. The molecule has 2 atom stereocenters. The van der Waals surface area contributed by atoms with Crippen LogP contribution in [0, 0.1) is 11.8 Å². The third-order valence-electron chi connectivity index (χ3n) is 4.92. The molecule has 0 bridgehead atoms. The van der Waals surface area contributed by atoms with Gasteiger partial charge in [0.05, 0.1) is 21.5 Å². The van der Waals surface area contributed by atoms with E-state index in [1.807, 2.05) is 6.92 Å². The standard InChI is InChI=1S/C18H23ClN2O5S/c1-12-9-14(12)18(23)26-11-17(22)20-16-10-13(5-6-15(16)19)27(24,25)21-7-3-2-4-8-21/h5-6,10,12,14H,2-4,7-9,11H2,1H3,(H,20,22)/t12-,14-/m1/s1. The van der Waals surface area contributed by atoms with Crippen LogP contribution in [-0.4, -0.2) is 44.3 Å². The number of sulfonamides is 1. The Hall–Kier alpha value is -1.64. The maximum absolute atomic E-state index is 12.8. The van der Waals surface area contributed by atoms with Gasteiger partial charge >= 0.3 is 5.97 Å². The van der Waals surface area contributed by atoms with Crippen molar-refractivity contribution in [1.29, 1.82) is 0 Å². The SMILES string of the molecule is C[C@@H]1C[C@H]1C(=O)OCC(=O)Nc1cc(S(=O)(=O)N2CCCCC2)ccc1Cl. The van der Waals surface area contributed by atoms with Gasteiger partial charge in [-0.15, -0.1) is 0 Å². The number of ether oxygens (including phenoxy) is 1. The molecule has 3 rings (SSSR count). The first-order valence-corrected chi connectivity index (χ1v) is 10.9. The Labute approximate surface area is 164 Å². The van der Waals surface area contributed by atoms with Crippen molar-refractivity contribution < 1.29 is 22.7 Å². The minimum atomic E-state index is -3.63. The van der Waals surface area contributed by atoms with Gasteiger partial charge in [-0.05, 0) is 43.4 Å². The summed E-state index contributed by atoms with van der Waals surface area (Å²) in [6.07, 6.45) is 3.47. The van der Waals surface area contributed by atoms with E-state index in [0.29, 0.717) is 19.0 Å². The van der Waals surface area contributed by atoms with Crippen molar-refractivity contribution in [3.8, 4) is 0 Å². The van der Waals surface area contributed by atoms with Crippen molar-refractivity contribution in [3.05, 3.63) is 23.2 Å². The van der Waals surface area contributed by atoms with Crippen LogP contribution in [0.4, 0.5) is 5.69 Å². The molecule has 148 valence electrons. The van der Waals surface area contributed by atoms with Crippen LogP contribution in [0.2, 0.25) is 5.02 Å². The second kappa shape index (κ2) is 8.16. The molecule has 1 aromatic carbocycles. The molecule has 1 heterocycles. The number of nitrogens with zero attached hydrogens (tertiary/aromatic N) is 1. The Bertz CT molecular complexity index is 836. The van der Waals surface area contributed by atoms with Crippen LogP contribution >= 0.6 is 11.6 Å². The Kier molecular flexibility index (Phi) is 6.08. The number of hydrogen-bond acceptors (Lipinski definition) is 5. The van der Waals surface area contributed by atoms with Crippen LogP contribution in [0.25, 0.3) is 0 Å². The summed E-state index contributed by atoms with van der Waals surface area (Å²) in [5.74, 6) is -0.776. The monoisotopic (exact) mass is 414 g/mol. The highest BCUT2D eigenvalue weighted by Gasteiger charge is 2.40. The lowest BCUT2D eigenvalue weighted by Crippen LogP contribution is -2.35. The molecule has 0 aromatic heterocycles. The zero-order chi connectivity index (χ0) is 19.6. The molecule has 9 heteroatoms. The van der Waals surface area contributed by atoms with Gasteiger partial charge in [0.2, 0.25) is 10.0 Å². The predicted molar refractivity (Wildman–Crippen MR) is 101 cm³/mol. The summed E-state index contributed by atoms with van der Waals surface area (Å²) in [4.78, 5) is 23.8. The van der Waals surface area contributed by atoms with E-state index in [2.05, 4.69) is 5.32 Å². The summed E-state index contributed by atoms with van der Waals surface area (Å²) < 4.78 is 32.0. The minimum Gasteiger partial charge on any atom is -0.455 e. The molecule has 27 heavy (non-hydrogen) atoms. The molecule has 1 aliphatic heterocycles. The number of rotatable bonds is 6. The van der Waals surface area contributed by atoms with Crippen molar-refractivity contribution in [2.45, 2.75) is 37.5 Å². The number of carbonyl (C=O) groups is 2. The lowest BCUT2D eigenvalue weighted by molar-refractivity contribution is -0.148. The van der Waals surface area contributed by atoms with Gasteiger partial charge in [-0.2, -0.15) is 4.31 Å². The second-order valence-electron chi connectivity index (χ2n) is 7.08. The lowest BCUT2D eigenvalue weighted by atomic mass is 10.2. The summed E-state index contributed by atoms with van der Waals surface area (Å²) >= 11 is 6.09. The van der Waals surface area contributed by atoms with Crippen LogP contribution in [0.5, 0.6) is 0 Å². The molecule has 1 saturated heterocycles. The fourth-order valence-corrected chi connectivity index (χ4v) is 4.80. The first-order chi connectivity index (χ1) is 12.8. The summed E-state index contributed by atoms with van der Waals surface area (Å²) in [5, 5.41) is 2.73. The minimum absolute atomic E-state index is 0.0768. The number of piperidine rings is 1. The van der Waals surface area contributed by atoms with E-state index in [1.54, 1.807) is 0 Å². The van der Waals surface area contributed by atoms with Crippen molar-refractivity contribution in [1.82, 2.24) is 4.31 Å². The van der Waals surface area contributed by atoms with E-state index < -0.39 is 22.5 Å². The summed E-state index contributed by atoms with van der Waals surface area (Å²) in [7, 11) is -3.63. The number of hydrogen-bond donors (Lipinski definition) is 1. The molecule has 1 aliphatic carbocycles. The van der Waals surface area contributed by atoms with Crippen LogP contribution < -0.4 is 5.32 Å². The number of carbonyl (C=O) groups excluding carboxylic acids is 2. The maximum Gasteiger partial charge on any atom is 0.309 e. The van der Waals surface area contributed by atoms with E-state index in [0.717, 1.165) is 25.7 Å². The zero-order valence-electron chi connectivity index (χ0n) is 15.1. The van der Waals surface area contributed by atoms with Crippen LogP contribution in [0.3, 0.4) is 0 Å². The highest BCUT2D eigenvalue weighted by Crippen LogP contribution is 2.38. The summed E-state index contributed by atoms with van der Waals surface area (Å²) in [6, 6.07) is 4.21. The van der Waals surface area contributed by atoms with E-state index >= 15 is 0 Å². The summed E-state index contributed by atoms with van der Waals surface area (Å²) in [6.45, 7) is 2.49. The van der Waals surface area contributed by atoms with Gasteiger partial charge in [0.1, 0.15) is 0 Å². The average Bonchev–Trinajstić information content (AvgIpc) is 3.39. The highest BCUT2D eigenvalue weighted by molar-refractivity contribution is 7.89. The van der Waals surface area contributed by atoms with Gasteiger partial charge in [-0.1, -0.05) is 24.9 Å². The zero-order valence-corrected chi connectivity index (χ0v) is 16.7. The van der Waals surface area contributed by atoms with Crippen LogP contribution in [-0.2, 0) is 24.3 Å². The largest absolute Gasteiger partial charge is 0.455 e. The van der Waals surface area contributed by atoms with E-state index in [4.69, 9.17) is 16.3 Å². The predicted octanol–water partition coefficient (Wildman–Crippen LogP) is 2.65. The topological polar surface area (TPSA) is 92.8 Å². The first-order valence-electron chi connectivity index (χ1n) is 9.05. The van der Waals surface area contributed by atoms with Gasteiger partial charge in [0.25, 0.3) is 5.91 Å². The molecule has 0 unspecified atom stereocenters. The smallest absolute Gasteiger partial charge is 0.309 e. The quantitative estimate of drug-likeness (QED) is 0.722. The maximum atomic E-state index is 12.8. The molecule has 2 aliphatic rings. The Morgan fingerprint density at radius 1 is 1.26 bits per heavy atom. The van der Waals surface area contributed by atoms with Crippen molar-refractivity contribution in [2.24, 2.45) is 11.8 Å². The van der Waals surface area contributed by atoms with E-state index in [9.17, 15) is 18.0 Å². The van der Waals surface area contributed by atoms with Gasteiger partial charge < -0.3 is 10.1 Å². The first kappa shape index (κ1) is 20.1. The van der Waals surface area contributed by atoms with Crippen molar-refractivity contribution >= 4 is 39.2 Å². The molecule has 1 N–H and O–H groups in total. The number of benzene rings is 1. The van der Waals surface area contributed by atoms with Crippen LogP contribution in [0.15, 0.2) is 23.1 Å². The molecule has 1 saturated carbocycles. The Balaban J connectivity index is 1.66. The van der Waals surface area contributed by atoms with E-state index in [-0.39, 0.29) is 27.5 Å². The van der Waals surface area contributed by atoms with Crippen LogP contribution in [0.1, 0.15) is 32.6 Å². The summed E-state index contributed by atoms with van der Waals surface area (Å²) in [5.41, 5.74) is 0.176. The van der Waals surface area contributed by atoms with Gasteiger partial charge in [0.15, 0.2) is 6.61 Å². The number of nitrogens with one attached hydrogen (secondary N) is 1. The Morgan fingerprint density at radius 2 is 1.93 bits per heavy atom. The highest BCUT2D eigenvalue weighted by atomic mass is 35.5. The molecule has 0 radical (unpaired) electrons. The molecular formula is C18H23ClN2O5S. The van der Waals surface area contributed by atoms with Gasteiger partial charge in [0, 0.05) is 13.1 Å². The Morgan fingerprint density at radius 3 is 2.56 bits per heavy atom. The second-order valence-corrected chi connectivity index (χ2v) is 9.43. The van der Waals surface area contributed by atoms with Gasteiger partial charge in [-0.3, -0.25) is 9.59 Å². The van der Waals surface area contributed by atoms with E-state index in [1.165, 1.54) is 22.5 Å². The molecular weight excluding hydrogens is 392 g/mol. The molecule has 2 fully saturated rings. The fourth-order valence-electron chi connectivity index (χ4n) is 3.10. The number of anilines is 1. The fraction of sp³-hybridized carbons (Fsp3) is 0.556. The molecule has 1 aromatic rings. The van der Waals surface area contributed by atoms with Crippen molar-refractivity contribution in [2.75, 3.05) is 25.0 Å². The van der Waals surface area contributed by atoms with Crippen molar-refractivity contribution in [3.63, 3.8) is 0 Å².